The first-order valence-electron chi connectivity index (χ1n) is 3.24. The van der Waals surface area contributed by atoms with Crippen molar-refractivity contribution < 1.29 is 12.8 Å². The molecule has 0 atom stereocenters. The van der Waals surface area contributed by atoms with Crippen LogP contribution in [0.4, 0.5) is 4.39 Å². The number of sulfonamides is 1. The van der Waals surface area contributed by atoms with Gasteiger partial charge in [-0.2, -0.15) is 0 Å². The van der Waals surface area contributed by atoms with Gasteiger partial charge in [-0.05, 0) is 23.7 Å². The Hall–Kier alpha value is -1.30. The van der Waals surface area contributed by atoms with Gasteiger partial charge in [-0.1, -0.05) is 11.6 Å². The highest BCUT2D eigenvalue weighted by Gasteiger charge is 2.13. The van der Waals surface area contributed by atoms with Crippen LogP contribution in [0.3, 0.4) is 0 Å². The van der Waals surface area contributed by atoms with E-state index in [9.17, 15) is 12.8 Å². The average Bonchev–Trinajstić information content (AvgIpc) is 2.09. The van der Waals surface area contributed by atoms with Gasteiger partial charge >= 0.3 is 0 Å². The van der Waals surface area contributed by atoms with Crippen LogP contribution in [0.2, 0.25) is 5.02 Å². The maximum atomic E-state index is 12.6. The summed E-state index contributed by atoms with van der Waals surface area (Å²) < 4.78 is 37.4. The predicted molar refractivity (Wildman–Crippen MR) is 47.7 cm³/mol. The van der Waals surface area contributed by atoms with Gasteiger partial charge in [0.15, 0.2) is 0 Å². The molecule has 1 aromatic carbocycles. The van der Waals surface area contributed by atoms with E-state index < -0.39 is 15.8 Å². The predicted octanol–water partition coefficient (Wildman–Crippen LogP) is 2.48. The number of hydrogen-bond donors (Lipinski definition) is 0. The lowest BCUT2D eigenvalue weighted by molar-refractivity contribution is 0.596. The molecule has 0 aromatic heterocycles. The molecule has 0 aliphatic heterocycles. The van der Waals surface area contributed by atoms with Gasteiger partial charge in [0, 0.05) is 9.43 Å². The first-order chi connectivity index (χ1) is 6.47. The molecule has 0 heterocycles. The molecule has 0 bridgehead atoms. The van der Waals surface area contributed by atoms with Gasteiger partial charge in [-0.15, -0.1) is 0 Å². The van der Waals surface area contributed by atoms with E-state index in [1.165, 1.54) is 0 Å². The molecule has 14 heavy (non-hydrogen) atoms. The van der Waals surface area contributed by atoms with E-state index >= 15 is 0 Å². The monoisotopic (exact) mass is 235 g/mol. The smallest absolute Gasteiger partial charge is 0.216 e. The van der Waals surface area contributed by atoms with Crippen molar-refractivity contribution in [2.75, 3.05) is 0 Å². The number of benzene rings is 1. The molecule has 0 amide bonds. The van der Waals surface area contributed by atoms with E-state index in [4.69, 9.17) is 17.1 Å². The summed E-state index contributed by atoms with van der Waals surface area (Å²) in [7, 11) is -4.09. The van der Waals surface area contributed by atoms with E-state index in [2.05, 4.69) is 9.43 Å². The molecular weight excluding hydrogens is 233 g/mol. The molecule has 0 unspecified atom stereocenters. The molecule has 0 radical (unpaired) electrons. The summed E-state index contributed by atoms with van der Waals surface area (Å²) in [5.74, 6) is -0.744. The normalized spacial score (nSPS) is 10.7. The number of halogens is 2. The molecule has 5 nitrogen and oxygen atoms in total. The second kappa shape index (κ2) is 3.83. The molecule has 0 saturated heterocycles. The van der Waals surface area contributed by atoms with Crippen LogP contribution in [0.15, 0.2) is 27.6 Å². The molecule has 0 spiro atoms. The molecule has 74 valence electrons. The van der Waals surface area contributed by atoms with Crippen molar-refractivity contribution in [2.24, 2.45) is 4.52 Å². The quantitative estimate of drug-likeness (QED) is 0.448. The summed E-state index contributed by atoms with van der Waals surface area (Å²) >= 11 is 5.35. The Labute approximate surface area is 83.8 Å². The molecule has 1 aromatic rings. The van der Waals surface area contributed by atoms with Crippen LogP contribution in [0.5, 0.6) is 0 Å². The van der Waals surface area contributed by atoms with Crippen molar-refractivity contribution in [3.05, 3.63) is 39.5 Å². The summed E-state index contributed by atoms with van der Waals surface area (Å²) in [4.78, 5) is 1.79. The fourth-order valence-electron chi connectivity index (χ4n) is 0.733. The lowest BCUT2D eigenvalue weighted by Crippen LogP contribution is -1.95. The number of rotatable bonds is 2. The average molecular weight is 236 g/mol. The lowest BCUT2D eigenvalue weighted by Gasteiger charge is -1.98. The maximum absolute atomic E-state index is 12.6. The van der Waals surface area contributed by atoms with Gasteiger partial charge in [0.25, 0.3) is 10.0 Å². The third-order valence-corrected chi connectivity index (χ3v) is 2.76. The van der Waals surface area contributed by atoms with Crippen molar-refractivity contribution in [1.29, 1.82) is 0 Å². The van der Waals surface area contributed by atoms with Crippen LogP contribution in [-0.4, -0.2) is 8.42 Å². The Bertz CT molecular complexity index is 510. The first-order valence-corrected chi connectivity index (χ1v) is 5.05. The second-order valence-electron chi connectivity index (χ2n) is 2.22. The van der Waals surface area contributed by atoms with Gasteiger partial charge in [-0.25, -0.2) is 12.8 Å². The van der Waals surface area contributed by atoms with Crippen LogP contribution in [0.1, 0.15) is 0 Å². The minimum atomic E-state index is -4.09. The van der Waals surface area contributed by atoms with Crippen LogP contribution < -0.4 is 0 Å². The molecule has 0 aliphatic carbocycles. The van der Waals surface area contributed by atoms with E-state index in [0.29, 0.717) is 0 Å². The van der Waals surface area contributed by atoms with Crippen LogP contribution in [-0.2, 0) is 10.0 Å². The van der Waals surface area contributed by atoms with Gasteiger partial charge in [0.05, 0.1) is 9.92 Å². The van der Waals surface area contributed by atoms with Gasteiger partial charge in [0.1, 0.15) is 5.82 Å². The van der Waals surface area contributed by atoms with Gasteiger partial charge < -0.3 is 0 Å². The Morgan fingerprint density at radius 1 is 1.50 bits per heavy atom. The first kappa shape index (κ1) is 10.8. The second-order valence-corrected chi connectivity index (χ2v) is 4.21. The summed E-state index contributed by atoms with van der Waals surface area (Å²) in [6.45, 7) is 0. The summed E-state index contributed by atoms with van der Waals surface area (Å²) in [6, 6.07) is 2.72. The van der Waals surface area contributed by atoms with Crippen molar-refractivity contribution in [1.82, 2.24) is 0 Å². The van der Waals surface area contributed by atoms with Crippen LogP contribution in [0, 0.1) is 5.82 Å². The van der Waals surface area contributed by atoms with E-state index in [-0.39, 0.29) is 9.92 Å². The largest absolute Gasteiger partial charge is 0.264 e. The van der Waals surface area contributed by atoms with Gasteiger partial charge in [0.2, 0.25) is 0 Å². The van der Waals surface area contributed by atoms with Gasteiger partial charge in [-0.3, -0.25) is 0 Å². The zero-order valence-corrected chi connectivity index (χ0v) is 8.13. The van der Waals surface area contributed by atoms with E-state index in [1.54, 1.807) is 0 Å². The number of hydrogen-bond acceptors (Lipinski definition) is 2. The Morgan fingerprint density at radius 3 is 2.64 bits per heavy atom. The molecular formula is C6H3ClFN3O2S. The standard InChI is InChI=1S/C6H3ClFN3O2S/c7-5-3-4(1-2-6(5)8)14(12,13)11-10-9/h1-3H. The third-order valence-electron chi connectivity index (χ3n) is 1.33. The van der Waals surface area contributed by atoms with Crippen molar-refractivity contribution in [2.45, 2.75) is 4.90 Å². The zero-order chi connectivity index (χ0) is 10.8. The summed E-state index contributed by atoms with van der Waals surface area (Å²) in [5, 5.41) is -0.348. The molecule has 0 aliphatic rings. The summed E-state index contributed by atoms with van der Waals surface area (Å²) in [6.07, 6.45) is 0. The highest BCUT2D eigenvalue weighted by Crippen LogP contribution is 2.20. The topological polar surface area (TPSA) is 82.9 Å². The zero-order valence-electron chi connectivity index (χ0n) is 6.55. The van der Waals surface area contributed by atoms with E-state index in [1.807, 2.05) is 0 Å². The number of nitrogens with zero attached hydrogens (tertiary/aromatic N) is 3. The SMILES string of the molecule is [N-]=[N+]=NS(=O)(=O)c1ccc(F)c(Cl)c1. The fraction of sp³-hybridized carbons (Fsp3) is 0. The lowest BCUT2D eigenvalue weighted by atomic mass is 10.3. The van der Waals surface area contributed by atoms with Crippen LogP contribution >= 0.6 is 11.6 Å². The third kappa shape index (κ3) is 2.14. The Kier molecular flexibility index (Phi) is 2.95. The fourth-order valence-corrected chi connectivity index (χ4v) is 1.67. The minimum Gasteiger partial charge on any atom is -0.216 e. The van der Waals surface area contributed by atoms with E-state index in [0.717, 1.165) is 18.2 Å². The highest BCUT2D eigenvalue weighted by molar-refractivity contribution is 7.90. The van der Waals surface area contributed by atoms with Crippen molar-refractivity contribution >= 4 is 21.6 Å². The van der Waals surface area contributed by atoms with Crippen LogP contribution in [0.25, 0.3) is 10.4 Å². The molecule has 1 rings (SSSR count). The minimum absolute atomic E-state index is 0.346. The maximum Gasteiger partial charge on any atom is 0.264 e. The Morgan fingerprint density at radius 2 is 2.14 bits per heavy atom. The summed E-state index contributed by atoms with van der Waals surface area (Å²) in [5.41, 5.74) is 7.96. The van der Waals surface area contributed by atoms with Crippen molar-refractivity contribution in [3.63, 3.8) is 0 Å². The highest BCUT2D eigenvalue weighted by atomic mass is 35.5. The molecule has 8 heteroatoms. The molecule has 0 saturated carbocycles. The number of azide groups is 1. The molecule has 0 fully saturated rings. The molecule has 0 N–H and O–H groups in total. The Balaban J connectivity index is 3.35. The van der Waals surface area contributed by atoms with Crippen molar-refractivity contribution in [3.8, 4) is 0 Å².